The van der Waals surface area contributed by atoms with Crippen molar-refractivity contribution < 1.29 is 14.3 Å². The predicted molar refractivity (Wildman–Crippen MR) is 105 cm³/mol. The van der Waals surface area contributed by atoms with Crippen LogP contribution < -0.4 is 4.74 Å². The maximum atomic E-state index is 12.7. The van der Waals surface area contributed by atoms with Gasteiger partial charge in [-0.05, 0) is 51.5 Å². The lowest BCUT2D eigenvalue weighted by atomic mass is 9.91. The van der Waals surface area contributed by atoms with Gasteiger partial charge in [-0.25, -0.2) is 4.79 Å². The number of methoxy groups -OCH3 is 1. The zero-order valence-corrected chi connectivity index (χ0v) is 16.7. The summed E-state index contributed by atoms with van der Waals surface area (Å²) >= 11 is 0. The molecular weight excluding hydrogens is 328 g/mol. The molecule has 0 saturated heterocycles. The molecule has 1 fully saturated rings. The van der Waals surface area contributed by atoms with E-state index in [0.717, 1.165) is 45.4 Å². The zero-order valence-electron chi connectivity index (χ0n) is 16.7. The van der Waals surface area contributed by atoms with Gasteiger partial charge in [0.05, 0.1) is 7.11 Å². The summed E-state index contributed by atoms with van der Waals surface area (Å²) in [5.41, 5.74) is 0.505. The van der Waals surface area contributed by atoms with Crippen molar-refractivity contribution in [2.24, 2.45) is 0 Å². The molecule has 2 atom stereocenters. The molecule has 2 rings (SSSR count). The summed E-state index contributed by atoms with van der Waals surface area (Å²) < 4.78 is 11.2. The molecule has 0 unspecified atom stereocenters. The third-order valence-electron chi connectivity index (χ3n) is 5.48. The molecule has 5 nitrogen and oxygen atoms in total. The van der Waals surface area contributed by atoms with E-state index in [1.807, 2.05) is 12.1 Å². The molecule has 0 spiro atoms. The number of hydrogen-bond acceptors (Lipinski definition) is 5. The largest absolute Gasteiger partial charge is 0.496 e. The topological polar surface area (TPSA) is 42.0 Å². The Balaban J connectivity index is 2.00. The van der Waals surface area contributed by atoms with Crippen molar-refractivity contribution in [3.63, 3.8) is 0 Å². The highest BCUT2D eigenvalue weighted by molar-refractivity contribution is 5.92. The van der Waals surface area contributed by atoms with Gasteiger partial charge in [0.15, 0.2) is 0 Å². The van der Waals surface area contributed by atoms with Crippen LogP contribution in [0.5, 0.6) is 5.75 Å². The summed E-state index contributed by atoms with van der Waals surface area (Å²) in [4.78, 5) is 17.5. The van der Waals surface area contributed by atoms with Crippen LogP contribution in [0.4, 0.5) is 0 Å². The second kappa shape index (κ2) is 10.5. The first-order chi connectivity index (χ1) is 12.6. The standard InChI is InChI=1S/C21H34N2O3/c1-5-23(6-2)16-15-22(3)18-12-8-10-14-20(18)26-21(24)17-11-7-9-13-19(17)25-4/h7,9,11,13,18,20H,5-6,8,10,12,14-16H2,1-4H3/t18-,20-/m1/s1. The zero-order chi connectivity index (χ0) is 18.9. The molecule has 5 heteroatoms. The first-order valence-electron chi connectivity index (χ1n) is 9.87. The van der Waals surface area contributed by atoms with Gasteiger partial charge in [0.2, 0.25) is 0 Å². The SMILES string of the molecule is CCN(CC)CCN(C)[C@@H]1CCCC[C@H]1OC(=O)c1ccccc1OC. The molecule has 1 aliphatic carbocycles. The van der Waals surface area contributed by atoms with Gasteiger partial charge in [-0.1, -0.05) is 32.4 Å². The molecule has 1 aliphatic rings. The minimum absolute atomic E-state index is 0.0529. The second-order valence-corrected chi connectivity index (χ2v) is 7.00. The minimum Gasteiger partial charge on any atom is -0.496 e. The van der Waals surface area contributed by atoms with Crippen molar-refractivity contribution >= 4 is 5.97 Å². The van der Waals surface area contributed by atoms with Crippen molar-refractivity contribution in [2.75, 3.05) is 40.3 Å². The smallest absolute Gasteiger partial charge is 0.342 e. The Labute approximate surface area is 158 Å². The van der Waals surface area contributed by atoms with Gasteiger partial charge in [0.25, 0.3) is 0 Å². The van der Waals surface area contributed by atoms with E-state index < -0.39 is 0 Å². The number of ether oxygens (including phenoxy) is 2. The Kier molecular flexibility index (Phi) is 8.39. The van der Waals surface area contributed by atoms with Crippen LogP contribution in [0, 0.1) is 0 Å². The molecule has 146 valence electrons. The van der Waals surface area contributed by atoms with Crippen LogP contribution in [-0.2, 0) is 4.74 Å². The summed E-state index contributed by atoms with van der Waals surface area (Å²) in [5, 5.41) is 0. The molecule has 0 bridgehead atoms. The Hall–Kier alpha value is -1.59. The summed E-state index contributed by atoms with van der Waals surface area (Å²) in [7, 11) is 3.74. The maximum Gasteiger partial charge on any atom is 0.342 e. The van der Waals surface area contributed by atoms with Gasteiger partial charge in [0, 0.05) is 19.1 Å². The first kappa shape index (κ1) is 20.7. The van der Waals surface area contributed by atoms with Gasteiger partial charge < -0.3 is 14.4 Å². The van der Waals surface area contributed by atoms with Crippen LogP contribution >= 0.6 is 0 Å². The number of carbonyl (C=O) groups is 1. The Morgan fingerprint density at radius 1 is 1.12 bits per heavy atom. The average Bonchev–Trinajstić information content (AvgIpc) is 2.68. The monoisotopic (exact) mass is 362 g/mol. The normalized spacial score (nSPS) is 20.4. The van der Waals surface area contributed by atoms with Gasteiger partial charge in [-0.2, -0.15) is 0 Å². The molecule has 0 amide bonds. The fourth-order valence-corrected chi connectivity index (χ4v) is 3.74. The highest BCUT2D eigenvalue weighted by atomic mass is 16.5. The van der Waals surface area contributed by atoms with Gasteiger partial charge in [0.1, 0.15) is 17.4 Å². The number of hydrogen-bond donors (Lipinski definition) is 0. The number of rotatable bonds is 9. The van der Waals surface area contributed by atoms with E-state index in [0.29, 0.717) is 11.3 Å². The lowest BCUT2D eigenvalue weighted by Crippen LogP contribution is -2.47. The van der Waals surface area contributed by atoms with E-state index in [9.17, 15) is 4.79 Å². The van der Waals surface area contributed by atoms with Crippen molar-refractivity contribution in [3.05, 3.63) is 29.8 Å². The number of nitrogens with zero attached hydrogens (tertiary/aromatic N) is 2. The highest BCUT2D eigenvalue weighted by Gasteiger charge is 2.32. The molecule has 1 saturated carbocycles. The third kappa shape index (κ3) is 5.45. The van der Waals surface area contributed by atoms with Crippen molar-refractivity contribution in [3.8, 4) is 5.75 Å². The number of esters is 1. The average molecular weight is 363 g/mol. The van der Waals surface area contributed by atoms with E-state index in [-0.39, 0.29) is 18.1 Å². The Morgan fingerprint density at radius 3 is 2.50 bits per heavy atom. The van der Waals surface area contributed by atoms with Gasteiger partial charge >= 0.3 is 5.97 Å². The molecular formula is C21H34N2O3. The molecule has 26 heavy (non-hydrogen) atoms. The maximum absolute atomic E-state index is 12.7. The fourth-order valence-electron chi connectivity index (χ4n) is 3.74. The van der Waals surface area contributed by atoms with Crippen molar-refractivity contribution in [1.82, 2.24) is 9.80 Å². The minimum atomic E-state index is -0.281. The van der Waals surface area contributed by atoms with Crippen molar-refractivity contribution in [2.45, 2.75) is 51.7 Å². The summed E-state index contributed by atoms with van der Waals surface area (Å²) in [6.45, 7) is 8.58. The van der Waals surface area contributed by atoms with Crippen LogP contribution in [-0.4, -0.2) is 68.3 Å². The van der Waals surface area contributed by atoms with Crippen LogP contribution in [0.15, 0.2) is 24.3 Å². The lowest BCUT2D eigenvalue weighted by molar-refractivity contribution is -0.0134. The number of carbonyl (C=O) groups excluding carboxylic acids is 1. The number of para-hydroxylation sites is 1. The van der Waals surface area contributed by atoms with E-state index in [1.165, 1.54) is 6.42 Å². The molecule has 0 N–H and O–H groups in total. The molecule has 0 radical (unpaired) electrons. The Morgan fingerprint density at radius 2 is 1.81 bits per heavy atom. The Bertz CT molecular complexity index is 560. The molecule has 0 aliphatic heterocycles. The first-order valence-corrected chi connectivity index (χ1v) is 9.87. The van der Waals surface area contributed by atoms with E-state index >= 15 is 0 Å². The summed E-state index contributed by atoms with van der Waals surface area (Å²) in [5.74, 6) is 0.288. The number of benzene rings is 1. The van der Waals surface area contributed by atoms with Crippen LogP contribution in [0.2, 0.25) is 0 Å². The highest BCUT2D eigenvalue weighted by Crippen LogP contribution is 2.27. The number of likely N-dealkylation sites (N-methyl/N-ethyl adjacent to an activating group) is 2. The van der Waals surface area contributed by atoms with Crippen LogP contribution in [0.3, 0.4) is 0 Å². The van der Waals surface area contributed by atoms with Gasteiger partial charge in [-0.3, -0.25) is 4.90 Å². The second-order valence-electron chi connectivity index (χ2n) is 7.00. The fraction of sp³-hybridized carbons (Fsp3) is 0.667. The molecule has 1 aromatic carbocycles. The molecule has 0 aromatic heterocycles. The summed E-state index contributed by atoms with van der Waals surface area (Å²) in [6, 6.07) is 7.56. The predicted octanol–water partition coefficient (Wildman–Crippen LogP) is 3.44. The van der Waals surface area contributed by atoms with Crippen LogP contribution in [0.1, 0.15) is 49.9 Å². The lowest BCUT2D eigenvalue weighted by Gasteiger charge is -2.38. The van der Waals surface area contributed by atoms with Gasteiger partial charge in [-0.15, -0.1) is 0 Å². The van der Waals surface area contributed by atoms with E-state index in [1.54, 1.807) is 19.2 Å². The van der Waals surface area contributed by atoms with E-state index in [4.69, 9.17) is 9.47 Å². The van der Waals surface area contributed by atoms with Crippen LogP contribution in [0.25, 0.3) is 0 Å². The van der Waals surface area contributed by atoms with Crippen molar-refractivity contribution in [1.29, 1.82) is 0 Å². The third-order valence-corrected chi connectivity index (χ3v) is 5.48. The quantitative estimate of drug-likeness (QED) is 0.630. The molecule has 0 heterocycles. The summed E-state index contributed by atoms with van der Waals surface area (Å²) in [6.07, 6.45) is 4.27. The van der Waals surface area contributed by atoms with E-state index in [2.05, 4.69) is 30.7 Å². The molecule has 1 aromatic rings.